The van der Waals surface area contributed by atoms with Crippen LogP contribution in [0.5, 0.6) is 5.75 Å². The lowest BCUT2D eigenvalue weighted by Crippen LogP contribution is -2.51. The number of carbonyl (C=O) groups excluding carboxylic acids is 1. The van der Waals surface area contributed by atoms with Gasteiger partial charge in [0.25, 0.3) is 0 Å². The predicted octanol–water partition coefficient (Wildman–Crippen LogP) is 6.84. The molecule has 0 radical (unpaired) electrons. The third-order valence-corrected chi connectivity index (χ3v) is 8.30. The molecule has 200 valence electrons. The standard InChI is InChI=1S/C31H40ClNO4/c1-5-29(34)31(4)14-13-25(31)18-33-15-7-6-8-22-16-26(32)11-9-24(22)20-36-28-12-10-23(17-27(28)33)30(35)37-19-21(2)3/h5,9-12,16-17,21,25,29,34H,1,6-8,13-15,18-20H2,2-4H3/t25-,29+,31+/m0/s1. The zero-order valence-corrected chi connectivity index (χ0v) is 23.1. The Morgan fingerprint density at radius 2 is 2.08 bits per heavy atom. The van der Waals surface area contributed by atoms with Gasteiger partial charge in [0.15, 0.2) is 0 Å². The Bertz CT molecular complexity index is 1120. The van der Waals surface area contributed by atoms with Crippen LogP contribution in [0.25, 0.3) is 0 Å². The fourth-order valence-electron chi connectivity index (χ4n) is 5.42. The van der Waals surface area contributed by atoms with E-state index in [1.807, 2.05) is 44.2 Å². The summed E-state index contributed by atoms with van der Waals surface area (Å²) in [6.45, 7) is 12.5. The Balaban J connectivity index is 1.67. The van der Waals surface area contributed by atoms with Crippen molar-refractivity contribution in [3.8, 4) is 5.75 Å². The summed E-state index contributed by atoms with van der Waals surface area (Å²) in [6, 6.07) is 11.6. The molecule has 2 aliphatic rings. The van der Waals surface area contributed by atoms with Gasteiger partial charge in [-0.25, -0.2) is 4.79 Å². The molecule has 4 rings (SSSR count). The third-order valence-electron chi connectivity index (χ3n) is 8.06. The summed E-state index contributed by atoms with van der Waals surface area (Å²) in [4.78, 5) is 15.2. The molecule has 0 bridgehead atoms. The number of anilines is 1. The van der Waals surface area contributed by atoms with Crippen LogP contribution >= 0.6 is 11.6 Å². The van der Waals surface area contributed by atoms with Crippen LogP contribution in [0.15, 0.2) is 49.1 Å². The van der Waals surface area contributed by atoms with Crippen LogP contribution in [-0.4, -0.2) is 36.9 Å². The maximum atomic E-state index is 12.9. The number of aliphatic hydroxyl groups excluding tert-OH is 1. The first-order chi connectivity index (χ1) is 17.7. The number of ether oxygens (including phenoxy) is 2. The van der Waals surface area contributed by atoms with Crippen LogP contribution in [0.1, 0.15) is 67.9 Å². The number of aliphatic hydroxyl groups is 1. The van der Waals surface area contributed by atoms with Crippen molar-refractivity contribution < 1.29 is 19.4 Å². The van der Waals surface area contributed by atoms with Crippen molar-refractivity contribution >= 4 is 23.3 Å². The Labute approximate surface area is 226 Å². The van der Waals surface area contributed by atoms with Crippen molar-refractivity contribution in [1.29, 1.82) is 0 Å². The second-order valence-electron chi connectivity index (χ2n) is 11.2. The molecular weight excluding hydrogens is 486 g/mol. The molecule has 1 aliphatic carbocycles. The van der Waals surface area contributed by atoms with Crippen LogP contribution in [-0.2, 0) is 17.8 Å². The lowest BCUT2D eigenvalue weighted by Gasteiger charge is -2.51. The van der Waals surface area contributed by atoms with E-state index in [0.29, 0.717) is 24.7 Å². The smallest absolute Gasteiger partial charge is 0.338 e. The minimum Gasteiger partial charge on any atom is -0.487 e. The fourth-order valence-corrected chi connectivity index (χ4v) is 5.61. The first-order valence-corrected chi connectivity index (χ1v) is 13.9. The van der Waals surface area contributed by atoms with Crippen LogP contribution in [0.2, 0.25) is 5.02 Å². The van der Waals surface area contributed by atoms with E-state index in [1.54, 1.807) is 12.1 Å². The number of esters is 1. The molecule has 2 aromatic rings. The summed E-state index contributed by atoms with van der Waals surface area (Å²) >= 11 is 6.30. The molecule has 1 fully saturated rings. The van der Waals surface area contributed by atoms with Gasteiger partial charge in [-0.15, -0.1) is 6.58 Å². The molecule has 0 unspecified atom stereocenters. The highest BCUT2D eigenvalue weighted by Crippen LogP contribution is 2.50. The second-order valence-corrected chi connectivity index (χ2v) is 11.6. The lowest BCUT2D eigenvalue weighted by atomic mass is 9.58. The Kier molecular flexibility index (Phi) is 8.86. The van der Waals surface area contributed by atoms with Crippen LogP contribution < -0.4 is 9.64 Å². The van der Waals surface area contributed by atoms with Gasteiger partial charge in [-0.2, -0.15) is 0 Å². The van der Waals surface area contributed by atoms with Crippen LogP contribution in [0.4, 0.5) is 5.69 Å². The molecular formula is C31H40ClNO4. The van der Waals surface area contributed by atoms with E-state index in [2.05, 4.69) is 18.4 Å². The number of carbonyl (C=O) groups is 1. The van der Waals surface area contributed by atoms with Gasteiger partial charge in [0, 0.05) is 23.5 Å². The minimum atomic E-state index is -0.539. The van der Waals surface area contributed by atoms with Crippen molar-refractivity contribution in [2.75, 3.05) is 24.6 Å². The number of hydrogen-bond acceptors (Lipinski definition) is 5. The van der Waals surface area contributed by atoms with Crippen molar-refractivity contribution in [3.05, 3.63) is 70.8 Å². The zero-order valence-electron chi connectivity index (χ0n) is 22.3. The van der Waals surface area contributed by atoms with E-state index in [0.717, 1.165) is 67.2 Å². The average molecular weight is 526 g/mol. The molecule has 0 aromatic heterocycles. The SMILES string of the molecule is C=C[C@@H](O)[C@]1(C)CC[C@H]1CN1CCCCc2cc(Cl)ccc2COc2ccc(C(=O)OCC(C)C)cc21. The van der Waals surface area contributed by atoms with Gasteiger partial charge in [-0.05, 0) is 85.4 Å². The van der Waals surface area contributed by atoms with E-state index in [-0.39, 0.29) is 17.3 Å². The van der Waals surface area contributed by atoms with Crippen molar-refractivity contribution in [3.63, 3.8) is 0 Å². The van der Waals surface area contributed by atoms with Gasteiger partial charge in [0.05, 0.1) is 24.0 Å². The normalized spacial score (nSPS) is 22.5. The van der Waals surface area contributed by atoms with E-state index >= 15 is 0 Å². The highest BCUT2D eigenvalue weighted by atomic mass is 35.5. The summed E-state index contributed by atoms with van der Waals surface area (Å²) in [5, 5.41) is 11.4. The Morgan fingerprint density at radius 1 is 1.27 bits per heavy atom. The fraction of sp³-hybridized carbons (Fsp3) is 0.516. The zero-order chi connectivity index (χ0) is 26.6. The molecule has 5 nitrogen and oxygen atoms in total. The van der Waals surface area contributed by atoms with Crippen molar-refractivity contribution in [1.82, 2.24) is 0 Å². The maximum Gasteiger partial charge on any atom is 0.338 e. The van der Waals surface area contributed by atoms with E-state index < -0.39 is 6.10 Å². The first kappa shape index (κ1) is 27.5. The van der Waals surface area contributed by atoms with E-state index in [4.69, 9.17) is 21.1 Å². The number of aryl methyl sites for hydroxylation is 1. The number of nitrogens with zero attached hydrogens (tertiary/aromatic N) is 1. The second kappa shape index (κ2) is 11.9. The maximum absolute atomic E-state index is 12.9. The quantitative estimate of drug-likeness (QED) is 0.317. The molecule has 0 saturated heterocycles. The largest absolute Gasteiger partial charge is 0.487 e. The number of benzene rings is 2. The Hall–Kier alpha value is -2.50. The number of hydrogen-bond donors (Lipinski definition) is 1. The molecule has 37 heavy (non-hydrogen) atoms. The van der Waals surface area contributed by atoms with Crippen molar-refractivity contribution in [2.24, 2.45) is 17.3 Å². The summed E-state index contributed by atoms with van der Waals surface area (Å²) in [7, 11) is 0. The van der Waals surface area contributed by atoms with Gasteiger partial charge in [0.1, 0.15) is 12.4 Å². The number of rotatable bonds is 7. The van der Waals surface area contributed by atoms with Gasteiger partial charge in [0.2, 0.25) is 0 Å². The lowest BCUT2D eigenvalue weighted by molar-refractivity contribution is -0.0464. The average Bonchev–Trinajstić information content (AvgIpc) is 2.91. The van der Waals surface area contributed by atoms with Crippen molar-refractivity contribution in [2.45, 2.75) is 65.6 Å². The third kappa shape index (κ3) is 6.32. The molecule has 6 heteroatoms. The summed E-state index contributed by atoms with van der Waals surface area (Å²) < 4.78 is 11.9. The topological polar surface area (TPSA) is 59.0 Å². The van der Waals surface area contributed by atoms with E-state index in [1.165, 1.54) is 5.56 Å². The molecule has 0 spiro atoms. The number of halogens is 1. The molecule has 0 amide bonds. The van der Waals surface area contributed by atoms with Gasteiger partial charge >= 0.3 is 5.97 Å². The Morgan fingerprint density at radius 3 is 2.78 bits per heavy atom. The van der Waals surface area contributed by atoms with Gasteiger partial charge in [-0.1, -0.05) is 44.5 Å². The predicted molar refractivity (Wildman–Crippen MR) is 150 cm³/mol. The van der Waals surface area contributed by atoms with Gasteiger partial charge < -0.3 is 19.5 Å². The monoisotopic (exact) mass is 525 g/mol. The molecule has 1 aliphatic heterocycles. The summed E-state index contributed by atoms with van der Waals surface area (Å²) in [5.74, 6) is 1.01. The minimum absolute atomic E-state index is 0.199. The molecule has 1 N–H and O–H groups in total. The highest BCUT2D eigenvalue weighted by molar-refractivity contribution is 6.30. The molecule has 2 aromatic carbocycles. The van der Waals surface area contributed by atoms with E-state index in [9.17, 15) is 9.90 Å². The summed E-state index contributed by atoms with van der Waals surface area (Å²) in [6.07, 6.45) is 6.08. The first-order valence-electron chi connectivity index (χ1n) is 13.5. The summed E-state index contributed by atoms with van der Waals surface area (Å²) in [5.41, 5.74) is 3.58. The molecule has 1 heterocycles. The molecule has 1 saturated carbocycles. The number of fused-ring (bicyclic) bond motifs is 2. The van der Waals surface area contributed by atoms with Crippen LogP contribution in [0, 0.1) is 17.3 Å². The van der Waals surface area contributed by atoms with Gasteiger partial charge in [-0.3, -0.25) is 0 Å². The highest BCUT2D eigenvalue weighted by Gasteiger charge is 2.47. The van der Waals surface area contributed by atoms with Crippen LogP contribution in [0.3, 0.4) is 0 Å². The molecule has 3 atom stereocenters.